The number of rotatable bonds is 3. The lowest BCUT2D eigenvalue weighted by molar-refractivity contribution is 0.627. The number of nitrogens with zero attached hydrogens (tertiary/aromatic N) is 1. The first-order valence-corrected chi connectivity index (χ1v) is 6.66. The Morgan fingerprint density at radius 3 is 2.95 bits per heavy atom. The number of halogens is 2. The van der Waals surface area contributed by atoms with E-state index in [1.807, 2.05) is 25.1 Å². The Bertz CT molecular complexity index is 754. The third-order valence-corrected chi connectivity index (χ3v) is 3.59. The third kappa shape index (κ3) is 2.34. The van der Waals surface area contributed by atoms with Crippen molar-refractivity contribution in [3.8, 4) is 0 Å². The molecule has 0 aliphatic carbocycles. The van der Waals surface area contributed by atoms with Gasteiger partial charge in [-0.3, -0.25) is 5.10 Å². The van der Waals surface area contributed by atoms with Crippen LogP contribution in [-0.2, 0) is 0 Å². The van der Waals surface area contributed by atoms with Crippen LogP contribution in [0, 0.1) is 5.82 Å². The lowest BCUT2D eigenvalue weighted by Gasteiger charge is -2.16. The molecule has 0 spiro atoms. The van der Waals surface area contributed by atoms with Crippen LogP contribution < -0.4 is 5.32 Å². The van der Waals surface area contributed by atoms with Gasteiger partial charge in [-0.25, -0.2) is 4.39 Å². The van der Waals surface area contributed by atoms with Crippen molar-refractivity contribution >= 4 is 28.2 Å². The van der Waals surface area contributed by atoms with Crippen LogP contribution in [0.2, 0.25) is 5.02 Å². The molecule has 0 radical (unpaired) electrons. The number of nitrogens with one attached hydrogen (secondary N) is 2. The first-order valence-electron chi connectivity index (χ1n) is 6.29. The molecule has 20 heavy (non-hydrogen) atoms. The Balaban J connectivity index is 1.90. The molecular weight excluding hydrogens is 277 g/mol. The van der Waals surface area contributed by atoms with Crippen LogP contribution in [0.5, 0.6) is 0 Å². The molecule has 0 aliphatic heterocycles. The van der Waals surface area contributed by atoms with Gasteiger partial charge in [0.15, 0.2) is 0 Å². The number of benzene rings is 2. The van der Waals surface area contributed by atoms with E-state index in [-0.39, 0.29) is 11.1 Å². The van der Waals surface area contributed by atoms with Gasteiger partial charge in [-0.2, -0.15) is 5.10 Å². The van der Waals surface area contributed by atoms with E-state index in [1.54, 1.807) is 18.3 Å². The maximum atomic E-state index is 13.2. The predicted octanol–water partition coefficient (Wildman–Crippen LogP) is 4.53. The minimum atomic E-state index is -0.403. The van der Waals surface area contributed by atoms with Crippen LogP contribution in [0.1, 0.15) is 18.5 Å². The van der Waals surface area contributed by atoms with E-state index in [9.17, 15) is 4.39 Å². The van der Waals surface area contributed by atoms with E-state index in [2.05, 4.69) is 15.5 Å². The molecule has 0 fully saturated rings. The van der Waals surface area contributed by atoms with E-state index in [1.165, 1.54) is 6.07 Å². The van der Waals surface area contributed by atoms with Crippen molar-refractivity contribution < 1.29 is 4.39 Å². The van der Waals surface area contributed by atoms with Crippen molar-refractivity contribution in [3.63, 3.8) is 0 Å². The first-order chi connectivity index (χ1) is 9.65. The molecule has 1 heterocycles. The van der Waals surface area contributed by atoms with Gasteiger partial charge < -0.3 is 5.32 Å². The first kappa shape index (κ1) is 12.9. The van der Waals surface area contributed by atoms with Crippen LogP contribution in [0.25, 0.3) is 10.9 Å². The van der Waals surface area contributed by atoms with Crippen LogP contribution in [0.4, 0.5) is 10.1 Å². The summed E-state index contributed by atoms with van der Waals surface area (Å²) in [6.45, 7) is 2.00. The highest BCUT2D eigenvalue weighted by Crippen LogP contribution is 2.27. The van der Waals surface area contributed by atoms with Crippen LogP contribution in [0.15, 0.2) is 42.6 Å². The lowest BCUT2D eigenvalue weighted by Crippen LogP contribution is -2.07. The van der Waals surface area contributed by atoms with E-state index in [0.717, 1.165) is 22.2 Å². The minimum absolute atomic E-state index is 0.00796. The topological polar surface area (TPSA) is 40.7 Å². The molecule has 3 rings (SSSR count). The monoisotopic (exact) mass is 289 g/mol. The largest absolute Gasteiger partial charge is 0.378 e. The number of aromatic amines is 1. The lowest BCUT2D eigenvalue weighted by atomic mass is 10.1. The molecule has 1 unspecified atom stereocenters. The Morgan fingerprint density at radius 1 is 1.30 bits per heavy atom. The smallest absolute Gasteiger partial charge is 0.141 e. The molecule has 0 aliphatic rings. The molecule has 0 saturated carbocycles. The molecule has 1 atom stereocenters. The van der Waals surface area contributed by atoms with Gasteiger partial charge in [0.1, 0.15) is 5.82 Å². The molecule has 3 aromatic rings. The SMILES string of the molecule is CC(Nc1cccc2[nH]ncc12)c1ccc(F)c(Cl)c1. The van der Waals surface area contributed by atoms with Gasteiger partial charge in [0.25, 0.3) is 0 Å². The van der Waals surface area contributed by atoms with Crippen molar-refractivity contribution in [2.45, 2.75) is 13.0 Å². The summed E-state index contributed by atoms with van der Waals surface area (Å²) in [5, 5.41) is 11.5. The van der Waals surface area contributed by atoms with Gasteiger partial charge in [0.2, 0.25) is 0 Å². The van der Waals surface area contributed by atoms with E-state index in [4.69, 9.17) is 11.6 Å². The summed E-state index contributed by atoms with van der Waals surface area (Å²) in [6, 6.07) is 10.7. The molecule has 5 heteroatoms. The van der Waals surface area contributed by atoms with Gasteiger partial charge >= 0.3 is 0 Å². The quantitative estimate of drug-likeness (QED) is 0.744. The zero-order chi connectivity index (χ0) is 14.1. The van der Waals surface area contributed by atoms with Crippen LogP contribution in [-0.4, -0.2) is 10.2 Å². The highest BCUT2D eigenvalue weighted by Gasteiger charge is 2.10. The fourth-order valence-electron chi connectivity index (χ4n) is 2.19. The zero-order valence-electron chi connectivity index (χ0n) is 10.8. The Labute approximate surface area is 120 Å². The van der Waals surface area contributed by atoms with E-state index in [0.29, 0.717) is 0 Å². The van der Waals surface area contributed by atoms with Crippen molar-refractivity contribution in [2.75, 3.05) is 5.32 Å². The maximum Gasteiger partial charge on any atom is 0.141 e. The highest BCUT2D eigenvalue weighted by atomic mass is 35.5. The predicted molar refractivity (Wildman–Crippen MR) is 79.5 cm³/mol. The third-order valence-electron chi connectivity index (χ3n) is 3.30. The Kier molecular flexibility index (Phi) is 3.32. The molecule has 1 aromatic heterocycles. The zero-order valence-corrected chi connectivity index (χ0v) is 11.6. The normalized spacial score (nSPS) is 12.6. The fourth-order valence-corrected chi connectivity index (χ4v) is 2.38. The average molecular weight is 290 g/mol. The van der Waals surface area contributed by atoms with Gasteiger partial charge in [-0.15, -0.1) is 0 Å². The second-order valence-electron chi connectivity index (χ2n) is 4.68. The minimum Gasteiger partial charge on any atom is -0.378 e. The van der Waals surface area contributed by atoms with Crippen molar-refractivity contribution in [1.82, 2.24) is 10.2 Å². The Hall–Kier alpha value is -2.07. The fraction of sp³-hybridized carbons (Fsp3) is 0.133. The number of H-pyrrole nitrogens is 1. The van der Waals surface area contributed by atoms with E-state index < -0.39 is 5.82 Å². The Morgan fingerprint density at radius 2 is 2.15 bits per heavy atom. The molecule has 3 nitrogen and oxygen atoms in total. The standard InChI is InChI=1S/C15H13ClFN3/c1-9(10-5-6-13(17)12(16)7-10)19-14-3-2-4-15-11(14)8-18-20-15/h2-9,19H,1H3,(H,18,20). The second kappa shape index (κ2) is 5.13. The molecule has 0 amide bonds. The number of anilines is 1. The summed E-state index contributed by atoms with van der Waals surface area (Å²) in [4.78, 5) is 0. The summed E-state index contributed by atoms with van der Waals surface area (Å²) >= 11 is 5.82. The molecule has 0 bridgehead atoms. The number of hydrogen-bond donors (Lipinski definition) is 2. The van der Waals surface area contributed by atoms with Crippen molar-refractivity contribution in [3.05, 3.63) is 59.0 Å². The van der Waals surface area contributed by atoms with E-state index >= 15 is 0 Å². The molecule has 2 aromatic carbocycles. The van der Waals surface area contributed by atoms with Gasteiger partial charge in [0.05, 0.1) is 16.7 Å². The molecule has 102 valence electrons. The van der Waals surface area contributed by atoms with Gasteiger partial charge in [-0.05, 0) is 36.8 Å². The summed E-state index contributed by atoms with van der Waals surface area (Å²) in [7, 11) is 0. The summed E-state index contributed by atoms with van der Waals surface area (Å²) in [5.74, 6) is -0.403. The van der Waals surface area contributed by atoms with Crippen molar-refractivity contribution in [2.24, 2.45) is 0 Å². The van der Waals surface area contributed by atoms with Gasteiger partial charge in [0, 0.05) is 17.1 Å². The summed E-state index contributed by atoms with van der Waals surface area (Å²) in [6.07, 6.45) is 1.78. The molecule has 0 saturated heterocycles. The summed E-state index contributed by atoms with van der Waals surface area (Å²) < 4.78 is 13.2. The van der Waals surface area contributed by atoms with Crippen LogP contribution >= 0.6 is 11.6 Å². The average Bonchev–Trinajstić information content (AvgIpc) is 2.91. The molecule has 2 N–H and O–H groups in total. The highest BCUT2D eigenvalue weighted by molar-refractivity contribution is 6.30. The van der Waals surface area contributed by atoms with Crippen molar-refractivity contribution in [1.29, 1.82) is 0 Å². The number of aromatic nitrogens is 2. The van der Waals surface area contributed by atoms with Crippen LogP contribution in [0.3, 0.4) is 0 Å². The number of hydrogen-bond acceptors (Lipinski definition) is 2. The number of fused-ring (bicyclic) bond motifs is 1. The molecular formula is C15H13ClFN3. The second-order valence-corrected chi connectivity index (χ2v) is 5.08. The van der Waals surface area contributed by atoms with Gasteiger partial charge in [-0.1, -0.05) is 23.7 Å². The maximum absolute atomic E-state index is 13.2. The summed E-state index contributed by atoms with van der Waals surface area (Å²) in [5.41, 5.74) is 2.88.